The Morgan fingerprint density at radius 1 is 1.16 bits per heavy atom. The maximum absolute atomic E-state index is 10.8. The summed E-state index contributed by atoms with van der Waals surface area (Å²) in [6.45, 7) is 1.83. The number of carboxylic acid groups (broad SMARTS) is 1. The zero-order valence-electron chi connectivity index (χ0n) is 11.4. The Hall–Kier alpha value is -1.35. The van der Waals surface area contributed by atoms with Gasteiger partial charge in [0.15, 0.2) is 0 Å². The molecule has 19 heavy (non-hydrogen) atoms. The molecule has 0 spiro atoms. The van der Waals surface area contributed by atoms with Gasteiger partial charge in [-0.1, -0.05) is 43.5 Å². The van der Waals surface area contributed by atoms with E-state index in [0.29, 0.717) is 0 Å². The van der Waals surface area contributed by atoms with Crippen molar-refractivity contribution in [3.8, 4) is 0 Å². The number of carbonyl (C=O) groups is 1. The van der Waals surface area contributed by atoms with Gasteiger partial charge in [0.25, 0.3) is 0 Å². The van der Waals surface area contributed by atoms with Crippen molar-refractivity contribution in [2.45, 2.75) is 45.1 Å². The van der Waals surface area contributed by atoms with Gasteiger partial charge in [-0.15, -0.1) is 0 Å². The Bertz CT molecular complexity index is 411. The van der Waals surface area contributed by atoms with Crippen LogP contribution in [0.3, 0.4) is 0 Å². The van der Waals surface area contributed by atoms with E-state index in [1.54, 1.807) is 0 Å². The second-order valence-corrected chi connectivity index (χ2v) is 5.47. The Morgan fingerprint density at radius 3 is 2.53 bits per heavy atom. The van der Waals surface area contributed by atoms with Crippen LogP contribution in [0.4, 0.5) is 0 Å². The van der Waals surface area contributed by atoms with Gasteiger partial charge in [0, 0.05) is 6.54 Å². The van der Waals surface area contributed by atoms with Gasteiger partial charge in [-0.2, -0.15) is 0 Å². The molecule has 0 aliphatic heterocycles. The largest absolute Gasteiger partial charge is 0.481 e. The molecule has 1 aromatic rings. The van der Waals surface area contributed by atoms with Gasteiger partial charge < -0.3 is 10.4 Å². The van der Waals surface area contributed by atoms with Crippen LogP contribution in [-0.2, 0) is 17.8 Å². The van der Waals surface area contributed by atoms with Crippen molar-refractivity contribution in [2.75, 3.05) is 6.54 Å². The second-order valence-electron chi connectivity index (χ2n) is 5.47. The molecule has 3 heteroatoms. The number of rotatable bonds is 6. The molecule has 0 aromatic heterocycles. The van der Waals surface area contributed by atoms with Crippen LogP contribution in [0.15, 0.2) is 24.3 Å². The van der Waals surface area contributed by atoms with Gasteiger partial charge in [-0.05, 0) is 36.4 Å². The first-order valence-corrected chi connectivity index (χ1v) is 7.25. The smallest absolute Gasteiger partial charge is 0.307 e. The van der Waals surface area contributed by atoms with Gasteiger partial charge in [0.05, 0.1) is 6.42 Å². The molecule has 1 fully saturated rings. The zero-order chi connectivity index (χ0) is 13.5. The van der Waals surface area contributed by atoms with Crippen molar-refractivity contribution >= 4 is 5.97 Å². The minimum atomic E-state index is -0.764. The summed E-state index contributed by atoms with van der Waals surface area (Å²) in [5.74, 6) is 0.0418. The molecule has 1 saturated carbocycles. The SMILES string of the molecule is O=C(O)Cc1ccccc1CNCC1CCCCC1. The van der Waals surface area contributed by atoms with Crippen LogP contribution in [-0.4, -0.2) is 17.6 Å². The van der Waals surface area contributed by atoms with Gasteiger partial charge in [-0.25, -0.2) is 0 Å². The lowest BCUT2D eigenvalue weighted by molar-refractivity contribution is -0.136. The van der Waals surface area contributed by atoms with E-state index in [1.165, 1.54) is 32.1 Å². The lowest BCUT2D eigenvalue weighted by Gasteiger charge is -2.22. The van der Waals surface area contributed by atoms with Gasteiger partial charge in [-0.3, -0.25) is 4.79 Å². The molecule has 104 valence electrons. The fourth-order valence-corrected chi connectivity index (χ4v) is 2.87. The third-order valence-electron chi connectivity index (χ3n) is 3.93. The van der Waals surface area contributed by atoms with Gasteiger partial charge in [0.2, 0.25) is 0 Å². The van der Waals surface area contributed by atoms with E-state index < -0.39 is 5.97 Å². The predicted molar refractivity (Wildman–Crippen MR) is 76.1 cm³/mol. The third kappa shape index (κ3) is 4.67. The van der Waals surface area contributed by atoms with E-state index in [0.717, 1.165) is 30.1 Å². The minimum absolute atomic E-state index is 0.112. The number of hydrogen-bond donors (Lipinski definition) is 2. The summed E-state index contributed by atoms with van der Waals surface area (Å²) in [5.41, 5.74) is 2.03. The molecule has 1 aliphatic carbocycles. The summed E-state index contributed by atoms with van der Waals surface area (Å²) >= 11 is 0. The first-order valence-electron chi connectivity index (χ1n) is 7.25. The van der Waals surface area contributed by atoms with E-state index >= 15 is 0 Å². The lowest BCUT2D eigenvalue weighted by Crippen LogP contribution is -2.24. The van der Waals surface area contributed by atoms with Crippen LogP contribution in [0.1, 0.15) is 43.2 Å². The minimum Gasteiger partial charge on any atom is -0.481 e. The average molecular weight is 261 g/mol. The Morgan fingerprint density at radius 2 is 1.84 bits per heavy atom. The van der Waals surface area contributed by atoms with Gasteiger partial charge >= 0.3 is 5.97 Å². The molecular weight excluding hydrogens is 238 g/mol. The number of hydrogen-bond acceptors (Lipinski definition) is 2. The molecule has 2 N–H and O–H groups in total. The van der Waals surface area contributed by atoms with E-state index in [-0.39, 0.29) is 6.42 Å². The molecule has 0 amide bonds. The van der Waals surface area contributed by atoms with Crippen LogP contribution in [0.5, 0.6) is 0 Å². The Labute approximate surface area is 115 Å². The van der Waals surface area contributed by atoms with Gasteiger partial charge in [0.1, 0.15) is 0 Å². The first kappa shape index (κ1) is 14.1. The van der Waals surface area contributed by atoms with E-state index in [1.807, 2.05) is 24.3 Å². The topological polar surface area (TPSA) is 49.3 Å². The van der Waals surface area contributed by atoms with Crippen LogP contribution >= 0.6 is 0 Å². The molecule has 0 unspecified atom stereocenters. The van der Waals surface area contributed by atoms with Crippen LogP contribution < -0.4 is 5.32 Å². The van der Waals surface area contributed by atoms with Crippen molar-refractivity contribution in [3.63, 3.8) is 0 Å². The monoisotopic (exact) mass is 261 g/mol. The normalized spacial score (nSPS) is 16.4. The molecule has 3 nitrogen and oxygen atoms in total. The maximum atomic E-state index is 10.8. The highest BCUT2D eigenvalue weighted by molar-refractivity contribution is 5.70. The van der Waals surface area contributed by atoms with Crippen molar-refractivity contribution in [1.82, 2.24) is 5.32 Å². The third-order valence-corrected chi connectivity index (χ3v) is 3.93. The van der Waals surface area contributed by atoms with Crippen molar-refractivity contribution in [1.29, 1.82) is 0 Å². The summed E-state index contributed by atoms with van der Waals surface area (Å²) in [6.07, 6.45) is 6.90. The van der Waals surface area contributed by atoms with Crippen LogP contribution in [0.2, 0.25) is 0 Å². The molecule has 0 atom stereocenters. The van der Waals surface area contributed by atoms with Crippen LogP contribution in [0.25, 0.3) is 0 Å². The average Bonchev–Trinajstić information content (AvgIpc) is 2.41. The predicted octanol–water partition coefficient (Wildman–Crippen LogP) is 2.98. The molecule has 0 radical (unpaired) electrons. The molecule has 0 bridgehead atoms. The summed E-state index contributed by atoms with van der Waals surface area (Å²) in [4.78, 5) is 10.8. The lowest BCUT2D eigenvalue weighted by atomic mass is 9.89. The molecule has 0 saturated heterocycles. The van der Waals surface area contributed by atoms with E-state index in [4.69, 9.17) is 5.11 Å². The highest BCUT2D eigenvalue weighted by Gasteiger charge is 2.13. The van der Waals surface area contributed by atoms with Crippen molar-refractivity contribution in [3.05, 3.63) is 35.4 Å². The van der Waals surface area contributed by atoms with E-state index in [9.17, 15) is 4.79 Å². The molecule has 1 aromatic carbocycles. The number of nitrogens with one attached hydrogen (secondary N) is 1. The number of carboxylic acids is 1. The zero-order valence-corrected chi connectivity index (χ0v) is 11.4. The summed E-state index contributed by atoms with van der Waals surface area (Å²) in [7, 11) is 0. The molecule has 0 heterocycles. The Kier molecular flexibility index (Phi) is 5.40. The Balaban J connectivity index is 1.83. The first-order chi connectivity index (χ1) is 9.25. The summed E-state index contributed by atoms with van der Waals surface area (Å²) in [6, 6.07) is 7.81. The molecule has 2 rings (SSSR count). The fraction of sp³-hybridized carbons (Fsp3) is 0.562. The standard InChI is InChI=1S/C16H23NO2/c18-16(19)10-14-8-4-5-9-15(14)12-17-11-13-6-2-1-3-7-13/h4-5,8-9,13,17H,1-3,6-7,10-12H2,(H,18,19). The summed E-state index contributed by atoms with van der Waals surface area (Å²) < 4.78 is 0. The number of aliphatic carboxylic acids is 1. The maximum Gasteiger partial charge on any atom is 0.307 e. The second kappa shape index (κ2) is 7.29. The molecule has 1 aliphatic rings. The highest BCUT2D eigenvalue weighted by Crippen LogP contribution is 2.22. The quantitative estimate of drug-likeness (QED) is 0.827. The van der Waals surface area contributed by atoms with Crippen molar-refractivity contribution in [2.24, 2.45) is 5.92 Å². The van der Waals surface area contributed by atoms with Crippen LogP contribution in [0, 0.1) is 5.92 Å². The fourth-order valence-electron chi connectivity index (χ4n) is 2.87. The highest BCUT2D eigenvalue weighted by atomic mass is 16.4. The number of benzene rings is 1. The van der Waals surface area contributed by atoms with E-state index in [2.05, 4.69) is 5.32 Å². The van der Waals surface area contributed by atoms with Crippen molar-refractivity contribution < 1.29 is 9.90 Å². The molecular formula is C16H23NO2. The summed E-state index contributed by atoms with van der Waals surface area (Å²) in [5, 5.41) is 12.4.